The van der Waals surface area contributed by atoms with E-state index in [1.165, 1.54) is 137 Å². The number of furan rings is 1. The van der Waals surface area contributed by atoms with Crippen LogP contribution in [0, 0.1) is 0 Å². The molecule has 0 amide bonds. The lowest BCUT2D eigenvalue weighted by atomic mass is 9.81. The summed E-state index contributed by atoms with van der Waals surface area (Å²) in [5.41, 5.74) is 15.6. The minimum Gasteiger partial charge on any atom is -0.456 e. The number of hydrogen-bond acceptors (Lipinski definition) is 1. The lowest BCUT2D eigenvalue weighted by Crippen LogP contribution is -2.16. The zero-order valence-corrected chi connectivity index (χ0v) is 39.2. The molecule has 71 heavy (non-hydrogen) atoms. The first-order valence-electron chi connectivity index (χ1n) is 24.8. The van der Waals surface area contributed by atoms with Crippen molar-refractivity contribution in [2.45, 2.75) is 19.3 Å². The molecule has 0 saturated heterocycles. The fourth-order valence-corrected chi connectivity index (χ4v) is 13.2. The Labute approximate surface area is 409 Å². The van der Waals surface area contributed by atoms with Crippen molar-refractivity contribution >= 4 is 108 Å². The lowest BCUT2D eigenvalue weighted by molar-refractivity contribution is 0.664. The quantitative estimate of drug-likeness (QED) is 0.128. The predicted octanol–water partition coefficient (Wildman–Crippen LogP) is 19.2. The molecule has 2 nitrogen and oxygen atoms in total. The van der Waals surface area contributed by atoms with E-state index >= 15 is 0 Å². The number of hydrogen-bond donors (Lipinski definition) is 0. The van der Waals surface area contributed by atoms with Crippen LogP contribution in [0.3, 0.4) is 0 Å². The molecule has 13 aromatic carbocycles. The van der Waals surface area contributed by atoms with E-state index in [2.05, 4.69) is 243 Å². The van der Waals surface area contributed by atoms with Gasteiger partial charge in [-0.3, -0.25) is 0 Å². The molecular formula is C69H43NO. The zero-order valence-electron chi connectivity index (χ0n) is 39.2. The fourth-order valence-electron chi connectivity index (χ4n) is 13.2. The van der Waals surface area contributed by atoms with E-state index < -0.39 is 0 Å². The molecule has 1 aliphatic carbocycles. The van der Waals surface area contributed by atoms with Crippen LogP contribution in [0.1, 0.15) is 25.0 Å². The van der Waals surface area contributed by atoms with E-state index in [0.717, 1.165) is 21.9 Å². The monoisotopic (exact) mass is 901 g/mol. The summed E-state index contributed by atoms with van der Waals surface area (Å²) >= 11 is 0. The van der Waals surface area contributed by atoms with Crippen molar-refractivity contribution in [3.05, 3.63) is 236 Å². The molecule has 0 fully saturated rings. The van der Waals surface area contributed by atoms with E-state index in [0.29, 0.717) is 0 Å². The molecule has 0 spiro atoms. The van der Waals surface area contributed by atoms with Gasteiger partial charge in [-0.1, -0.05) is 178 Å². The third kappa shape index (κ3) is 5.26. The van der Waals surface area contributed by atoms with Gasteiger partial charge in [-0.05, 0) is 170 Å². The van der Waals surface area contributed by atoms with E-state index in [1.54, 1.807) is 0 Å². The van der Waals surface area contributed by atoms with Crippen LogP contribution in [0.2, 0.25) is 0 Å². The van der Waals surface area contributed by atoms with Gasteiger partial charge in [0.2, 0.25) is 0 Å². The lowest BCUT2D eigenvalue weighted by Gasteiger charge is -2.23. The van der Waals surface area contributed by atoms with Crippen molar-refractivity contribution in [3.63, 3.8) is 0 Å². The predicted molar refractivity (Wildman–Crippen MR) is 302 cm³/mol. The van der Waals surface area contributed by atoms with E-state index in [-0.39, 0.29) is 5.41 Å². The molecule has 2 heteroatoms. The van der Waals surface area contributed by atoms with Crippen LogP contribution in [-0.2, 0) is 5.41 Å². The van der Waals surface area contributed by atoms with Gasteiger partial charge in [-0.2, -0.15) is 0 Å². The highest BCUT2D eigenvalue weighted by Crippen LogP contribution is 2.54. The molecule has 0 unspecified atom stereocenters. The summed E-state index contributed by atoms with van der Waals surface area (Å²) in [7, 11) is 0. The number of para-hydroxylation sites is 1. The first-order valence-corrected chi connectivity index (χ1v) is 24.8. The zero-order chi connectivity index (χ0) is 46.7. The molecule has 0 bridgehead atoms. The minimum absolute atomic E-state index is 0.171. The highest BCUT2D eigenvalue weighted by molar-refractivity contribution is 6.30. The molecule has 16 rings (SSSR count). The summed E-state index contributed by atoms with van der Waals surface area (Å²) in [6.45, 7) is 4.80. The topological polar surface area (TPSA) is 18.1 Å². The van der Waals surface area contributed by atoms with Crippen LogP contribution in [0.25, 0.3) is 147 Å². The molecule has 2 aromatic heterocycles. The molecule has 0 N–H and O–H groups in total. The van der Waals surface area contributed by atoms with E-state index in [1.807, 2.05) is 0 Å². The number of benzene rings is 13. The van der Waals surface area contributed by atoms with Crippen molar-refractivity contribution < 1.29 is 4.42 Å². The molecule has 330 valence electrons. The Morgan fingerprint density at radius 2 is 0.859 bits per heavy atom. The van der Waals surface area contributed by atoms with Crippen LogP contribution < -0.4 is 0 Å². The van der Waals surface area contributed by atoms with Crippen molar-refractivity contribution in [1.82, 2.24) is 4.57 Å². The molecule has 0 atom stereocenters. The Bertz CT molecular complexity index is 4780. The number of fused-ring (bicyclic) bond motifs is 19. The number of rotatable bonds is 3. The molecular weight excluding hydrogens is 859 g/mol. The Hall–Kier alpha value is -8.98. The second-order valence-corrected chi connectivity index (χ2v) is 20.3. The molecule has 0 saturated carbocycles. The van der Waals surface area contributed by atoms with Crippen LogP contribution in [0.15, 0.2) is 229 Å². The Morgan fingerprint density at radius 1 is 0.338 bits per heavy atom. The van der Waals surface area contributed by atoms with Gasteiger partial charge in [-0.25, -0.2) is 0 Å². The van der Waals surface area contributed by atoms with Crippen molar-refractivity contribution in [3.8, 4) is 39.1 Å². The molecule has 2 heterocycles. The maximum atomic E-state index is 6.78. The SMILES string of the molecule is CC1(C)c2ccccc2-c2ccc3c4cc(-c5c6ccccc6c(-c6ccc7oc8cc9c%10ccccc%10c%10cc%11ccccc%11cc%10c9cc8c7c6)c6ccccc56)ccc4n(-c4ccccc4)c3c21. The third-order valence-corrected chi connectivity index (χ3v) is 16.3. The molecule has 0 aliphatic heterocycles. The van der Waals surface area contributed by atoms with Crippen molar-refractivity contribution in [2.24, 2.45) is 0 Å². The Morgan fingerprint density at radius 3 is 1.54 bits per heavy atom. The summed E-state index contributed by atoms with van der Waals surface area (Å²) in [4.78, 5) is 0. The van der Waals surface area contributed by atoms with Gasteiger partial charge in [0.15, 0.2) is 0 Å². The van der Waals surface area contributed by atoms with Gasteiger partial charge >= 0.3 is 0 Å². The highest BCUT2D eigenvalue weighted by atomic mass is 16.3. The summed E-state index contributed by atoms with van der Waals surface area (Å²) in [5, 5.41) is 19.7. The first kappa shape index (κ1) is 38.9. The normalized spacial score (nSPS) is 13.3. The van der Waals surface area contributed by atoms with Crippen LogP contribution in [0.5, 0.6) is 0 Å². The highest BCUT2D eigenvalue weighted by Gasteiger charge is 2.38. The molecule has 1 aliphatic rings. The largest absolute Gasteiger partial charge is 0.456 e. The number of aromatic nitrogens is 1. The van der Waals surface area contributed by atoms with Gasteiger partial charge in [0.05, 0.1) is 11.0 Å². The van der Waals surface area contributed by atoms with Crippen LogP contribution in [-0.4, -0.2) is 4.57 Å². The summed E-state index contributed by atoms with van der Waals surface area (Å²) in [6.07, 6.45) is 0. The Balaban J connectivity index is 0.930. The third-order valence-electron chi connectivity index (χ3n) is 16.3. The van der Waals surface area contributed by atoms with Gasteiger partial charge in [0, 0.05) is 32.6 Å². The maximum absolute atomic E-state index is 6.78. The standard InChI is InChI=1S/C69H43NO/c1-69(2)61-27-15-14-22-47(61)52-30-31-53-58-36-42(28-32-62(58)70(68(53)67(52)69)44-18-4-3-5-19-44)65-48-23-10-12-25-50(48)66(51-26-13-11-24-49(51)65)43-29-33-63-59(37-43)60-38-56-55-35-41-17-7-6-16-40(41)34-54(55)45-20-8-9-21-46(45)57(56)39-64(60)71-63/h3-39H,1-2H3. The first-order chi connectivity index (χ1) is 35.0. The molecule has 15 aromatic rings. The van der Waals surface area contributed by atoms with Gasteiger partial charge in [-0.15, -0.1) is 0 Å². The summed E-state index contributed by atoms with van der Waals surface area (Å²) < 4.78 is 9.30. The van der Waals surface area contributed by atoms with E-state index in [4.69, 9.17) is 4.42 Å². The second kappa shape index (κ2) is 14.1. The smallest absolute Gasteiger partial charge is 0.136 e. The number of nitrogens with zero attached hydrogens (tertiary/aromatic N) is 1. The minimum atomic E-state index is -0.171. The fraction of sp³-hybridized carbons (Fsp3) is 0.0435. The van der Waals surface area contributed by atoms with Crippen LogP contribution >= 0.6 is 0 Å². The van der Waals surface area contributed by atoms with E-state index in [9.17, 15) is 0 Å². The average molecular weight is 902 g/mol. The van der Waals surface area contributed by atoms with Gasteiger partial charge < -0.3 is 8.98 Å². The summed E-state index contributed by atoms with van der Waals surface area (Å²) in [5.74, 6) is 0. The molecule has 0 radical (unpaired) electrons. The van der Waals surface area contributed by atoms with Crippen molar-refractivity contribution in [1.29, 1.82) is 0 Å². The summed E-state index contributed by atoms with van der Waals surface area (Å²) in [6, 6.07) is 83.7. The van der Waals surface area contributed by atoms with Gasteiger partial charge in [0.1, 0.15) is 11.2 Å². The maximum Gasteiger partial charge on any atom is 0.136 e. The van der Waals surface area contributed by atoms with Gasteiger partial charge in [0.25, 0.3) is 0 Å². The van der Waals surface area contributed by atoms with Crippen LogP contribution in [0.4, 0.5) is 0 Å². The van der Waals surface area contributed by atoms with Crippen molar-refractivity contribution in [2.75, 3.05) is 0 Å². The second-order valence-electron chi connectivity index (χ2n) is 20.3. The Kier molecular flexibility index (Phi) is 7.71. The average Bonchev–Trinajstić information content (AvgIpc) is 4.03.